The maximum Gasteiger partial charge on any atom is 0.246 e. The maximum atomic E-state index is 11.7. The Morgan fingerprint density at radius 1 is 1.42 bits per heavy atom. The molecule has 0 saturated carbocycles. The number of hydrogen-bond donors (Lipinski definition) is 2. The molecule has 7 nitrogen and oxygen atoms in total. The molecule has 96 valence electrons. The Bertz CT molecular complexity index is 610. The van der Waals surface area contributed by atoms with Crippen molar-refractivity contribution < 1.29 is 4.79 Å². The fourth-order valence-corrected chi connectivity index (χ4v) is 1.49. The summed E-state index contributed by atoms with van der Waals surface area (Å²) >= 11 is 0. The van der Waals surface area contributed by atoms with Gasteiger partial charge in [0.1, 0.15) is 6.54 Å². The third kappa shape index (κ3) is 3.37. The quantitative estimate of drug-likeness (QED) is 0.814. The van der Waals surface area contributed by atoms with Crippen molar-refractivity contribution in [2.45, 2.75) is 13.1 Å². The van der Waals surface area contributed by atoms with Gasteiger partial charge in [-0.15, -0.1) is 5.10 Å². The number of amides is 1. The van der Waals surface area contributed by atoms with Crippen LogP contribution in [0.3, 0.4) is 0 Å². The van der Waals surface area contributed by atoms with E-state index in [0.29, 0.717) is 16.9 Å². The summed E-state index contributed by atoms with van der Waals surface area (Å²) in [5.74, 6) is -0.224. The fraction of sp³-hybridized carbons (Fsp3) is 0.167. The van der Waals surface area contributed by atoms with E-state index < -0.39 is 0 Å². The maximum absolute atomic E-state index is 11.7. The van der Waals surface area contributed by atoms with Gasteiger partial charge in [0, 0.05) is 12.2 Å². The van der Waals surface area contributed by atoms with Gasteiger partial charge in [-0.25, -0.2) is 4.68 Å². The molecule has 1 aromatic heterocycles. The summed E-state index contributed by atoms with van der Waals surface area (Å²) in [5, 5.41) is 18.9. The van der Waals surface area contributed by atoms with E-state index >= 15 is 0 Å². The summed E-state index contributed by atoms with van der Waals surface area (Å²) in [6, 6.07) is 8.62. The average Bonchev–Trinajstić information content (AvgIpc) is 2.87. The van der Waals surface area contributed by atoms with E-state index in [1.165, 1.54) is 4.68 Å². The standard InChI is InChI=1S/C12H12N6O/c13-5-9-1-3-10(4-2-9)15-12(19)8-18-7-11(6-14)16-17-18/h1-4,7H,6,8,14H2,(H,15,19). The van der Waals surface area contributed by atoms with Gasteiger partial charge < -0.3 is 11.1 Å². The smallest absolute Gasteiger partial charge is 0.246 e. The van der Waals surface area contributed by atoms with Crippen LogP contribution < -0.4 is 11.1 Å². The lowest BCUT2D eigenvalue weighted by Crippen LogP contribution is -2.19. The molecule has 0 atom stereocenters. The Balaban J connectivity index is 1.95. The van der Waals surface area contributed by atoms with Crippen molar-refractivity contribution >= 4 is 11.6 Å². The molecule has 0 aliphatic carbocycles. The summed E-state index contributed by atoms with van der Waals surface area (Å²) < 4.78 is 1.42. The number of rotatable bonds is 4. The average molecular weight is 256 g/mol. The molecule has 1 aromatic carbocycles. The molecule has 0 radical (unpaired) electrons. The predicted molar refractivity (Wildman–Crippen MR) is 67.7 cm³/mol. The Kier molecular flexibility index (Phi) is 3.85. The second kappa shape index (κ2) is 5.75. The molecule has 0 saturated heterocycles. The van der Waals surface area contributed by atoms with Crippen LogP contribution in [0.1, 0.15) is 11.3 Å². The van der Waals surface area contributed by atoms with Crippen LogP contribution in [0.15, 0.2) is 30.5 Å². The first kappa shape index (κ1) is 12.7. The Labute approximate surface area is 109 Å². The number of carbonyl (C=O) groups excluding carboxylic acids is 1. The first-order valence-electron chi connectivity index (χ1n) is 5.60. The van der Waals surface area contributed by atoms with Crippen LogP contribution >= 0.6 is 0 Å². The molecule has 19 heavy (non-hydrogen) atoms. The molecule has 0 aliphatic rings. The topological polar surface area (TPSA) is 110 Å². The highest BCUT2D eigenvalue weighted by molar-refractivity contribution is 5.90. The molecule has 3 N–H and O–H groups in total. The summed E-state index contributed by atoms with van der Waals surface area (Å²) in [7, 11) is 0. The first-order chi connectivity index (χ1) is 9.21. The minimum absolute atomic E-state index is 0.0625. The lowest BCUT2D eigenvalue weighted by molar-refractivity contribution is -0.116. The largest absolute Gasteiger partial charge is 0.325 e. The number of nitriles is 1. The Hall–Kier alpha value is -2.72. The number of nitrogens with one attached hydrogen (secondary N) is 1. The zero-order valence-corrected chi connectivity index (χ0v) is 10.1. The lowest BCUT2D eigenvalue weighted by Gasteiger charge is -2.04. The van der Waals surface area contributed by atoms with Crippen LogP contribution in [-0.2, 0) is 17.9 Å². The minimum atomic E-state index is -0.224. The first-order valence-corrected chi connectivity index (χ1v) is 5.60. The van der Waals surface area contributed by atoms with Crippen molar-refractivity contribution in [1.82, 2.24) is 15.0 Å². The predicted octanol–water partition coefficient (Wildman–Crippen LogP) is 0.247. The highest BCUT2D eigenvalue weighted by Gasteiger charge is 2.06. The molecule has 2 rings (SSSR count). The van der Waals surface area contributed by atoms with Crippen LogP contribution in [0.4, 0.5) is 5.69 Å². The lowest BCUT2D eigenvalue weighted by atomic mass is 10.2. The number of nitrogens with two attached hydrogens (primary N) is 1. The molecule has 1 amide bonds. The number of aromatic nitrogens is 3. The van der Waals surface area contributed by atoms with Crippen LogP contribution in [0, 0.1) is 11.3 Å². The molecule has 0 bridgehead atoms. The second-order valence-corrected chi connectivity index (χ2v) is 3.85. The van der Waals surface area contributed by atoms with Crippen molar-refractivity contribution in [1.29, 1.82) is 5.26 Å². The van der Waals surface area contributed by atoms with Crippen molar-refractivity contribution in [3.63, 3.8) is 0 Å². The molecule has 2 aromatic rings. The van der Waals surface area contributed by atoms with Crippen molar-refractivity contribution in [2.75, 3.05) is 5.32 Å². The summed E-state index contributed by atoms with van der Waals surface area (Å²) in [6.07, 6.45) is 1.62. The zero-order chi connectivity index (χ0) is 13.7. The van der Waals surface area contributed by atoms with Gasteiger partial charge in [-0.3, -0.25) is 4.79 Å². The molecule has 1 heterocycles. The second-order valence-electron chi connectivity index (χ2n) is 3.85. The minimum Gasteiger partial charge on any atom is -0.325 e. The normalized spacial score (nSPS) is 9.89. The molecular formula is C12H12N6O. The van der Waals surface area contributed by atoms with E-state index in [2.05, 4.69) is 15.6 Å². The highest BCUT2D eigenvalue weighted by atomic mass is 16.2. The zero-order valence-electron chi connectivity index (χ0n) is 10.1. The van der Waals surface area contributed by atoms with Crippen molar-refractivity contribution in [3.8, 4) is 6.07 Å². The van der Waals surface area contributed by atoms with E-state index in [1.54, 1.807) is 30.5 Å². The van der Waals surface area contributed by atoms with E-state index in [9.17, 15) is 4.79 Å². The fourth-order valence-electron chi connectivity index (χ4n) is 1.49. The van der Waals surface area contributed by atoms with E-state index in [4.69, 9.17) is 11.0 Å². The van der Waals surface area contributed by atoms with Gasteiger partial charge >= 0.3 is 0 Å². The molecule has 0 spiro atoms. The van der Waals surface area contributed by atoms with Gasteiger partial charge in [-0.2, -0.15) is 5.26 Å². The van der Waals surface area contributed by atoms with Gasteiger partial charge in [0.25, 0.3) is 0 Å². The number of hydrogen-bond acceptors (Lipinski definition) is 5. The van der Waals surface area contributed by atoms with Gasteiger partial charge in [0.2, 0.25) is 5.91 Å². The highest BCUT2D eigenvalue weighted by Crippen LogP contribution is 2.08. The van der Waals surface area contributed by atoms with E-state index in [0.717, 1.165) is 0 Å². The summed E-state index contributed by atoms with van der Waals surface area (Å²) in [5.41, 5.74) is 7.20. The summed E-state index contributed by atoms with van der Waals surface area (Å²) in [4.78, 5) is 11.7. The molecule has 0 fully saturated rings. The third-order valence-corrected chi connectivity index (χ3v) is 2.40. The van der Waals surface area contributed by atoms with Crippen LogP contribution in [0.5, 0.6) is 0 Å². The molecule has 0 aliphatic heterocycles. The van der Waals surface area contributed by atoms with Crippen molar-refractivity contribution in [3.05, 3.63) is 41.7 Å². The van der Waals surface area contributed by atoms with Crippen LogP contribution in [0.2, 0.25) is 0 Å². The van der Waals surface area contributed by atoms with E-state index in [1.807, 2.05) is 6.07 Å². The molecule has 0 unspecified atom stereocenters. The third-order valence-electron chi connectivity index (χ3n) is 2.40. The Morgan fingerprint density at radius 2 is 2.16 bits per heavy atom. The van der Waals surface area contributed by atoms with Gasteiger partial charge in [0.15, 0.2) is 0 Å². The SMILES string of the molecule is N#Cc1ccc(NC(=O)Cn2cc(CN)nn2)cc1. The molecular weight excluding hydrogens is 244 g/mol. The van der Waals surface area contributed by atoms with Crippen LogP contribution in [0.25, 0.3) is 0 Å². The Morgan fingerprint density at radius 3 is 2.74 bits per heavy atom. The van der Waals surface area contributed by atoms with Crippen molar-refractivity contribution in [2.24, 2.45) is 5.73 Å². The summed E-state index contributed by atoms with van der Waals surface area (Å²) in [6.45, 7) is 0.351. The number of carbonyl (C=O) groups is 1. The van der Waals surface area contributed by atoms with E-state index in [-0.39, 0.29) is 19.0 Å². The van der Waals surface area contributed by atoms with Gasteiger partial charge in [-0.1, -0.05) is 5.21 Å². The van der Waals surface area contributed by atoms with Crippen LogP contribution in [-0.4, -0.2) is 20.9 Å². The molecule has 7 heteroatoms. The monoisotopic (exact) mass is 256 g/mol. The number of nitrogens with zero attached hydrogens (tertiary/aromatic N) is 4. The number of benzene rings is 1. The number of anilines is 1. The van der Waals surface area contributed by atoms with Gasteiger partial charge in [-0.05, 0) is 24.3 Å². The van der Waals surface area contributed by atoms with Gasteiger partial charge in [0.05, 0.1) is 23.5 Å².